The first-order valence-corrected chi connectivity index (χ1v) is 13.4. The number of nitrogens with one attached hydrogen (secondary N) is 2. The molecule has 15 heteroatoms. The molecule has 0 radical (unpaired) electrons. The van der Waals surface area contributed by atoms with Crippen LogP contribution in [0.5, 0.6) is 17.2 Å². The number of hydrogen-bond donors (Lipinski definition) is 2. The minimum Gasteiger partial charge on any atom is -0.493 e. The molecule has 1 aromatic heterocycles. The molecule has 0 saturated carbocycles. The minimum atomic E-state index is -4.62. The lowest BCUT2D eigenvalue weighted by molar-refractivity contribution is -0.137. The van der Waals surface area contributed by atoms with Crippen LogP contribution >= 0.6 is 11.8 Å². The highest BCUT2D eigenvalue weighted by molar-refractivity contribution is 7.99. The number of aromatic nitrogens is 3. The number of anilines is 1. The summed E-state index contributed by atoms with van der Waals surface area (Å²) < 4.78 is 70.8. The van der Waals surface area contributed by atoms with E-state index in [1.165, 1.54) is 74.4 Å². The van der Waals surface area contributed by atoms with Crippen molar-refractivity contribution in [3.05, 3.63) is 83.4 Å². The largest absolute Gasteiger partial charge is 0.493 e. The number of thioether (sulfide) groups is 1. The molecule has 0 bridgehead atoms. The number of ether oxygens (including phenoxy) is 3. The Hall–Kier alpha value is -4.79. The highest BCUT2D eigenvalue weighted by Gasteiger charge is 2.31. The molecule has 0 spiro atoms. The van der Waals surface area contributed by atoms with Crippen LogP contribution in [-0.4, -0.2) is 53.7 Å². The van der Waals surface area contributed by atoms with Gasteiger partial charge >= 0.3 is 6.18 Å². The lowest BCUT2D eigenvalue weighted by Gasteiger charge is -2.15. The number of carbonyl (C=O) groups excluding carboxylic acids is 2. The SMILES string of the molecule is COc1cc(C(=O)NCc2nnc(SCC(=O)Nc3ccc(F)cc3)n2-c2cccc(C(F)(F)F)c2)cc(OC)c1OC. The second-order valence-electron chi connectivity index (χ2n) is 8.72. The van der Waals surface area contributed by atoms with Gasteiger partial charge in [0.15, 0.2) is 22.5 Å². The monoisotopic (exact) mass is 619 g/mol. The van der Waals surface area contributed by atoms with Crippen LogP contribution in [0.4, 0.5) is 23.2 Å². The number of amides is 2. The first kappa shape index (κ1) is 31.2. The predicted octanol–water partition coefficient (Wildman–Crippen LogP) is 5.11. The van der Waals surface area contributed by atoms with Crippen LogP contribution in [0, 0.1) is 5.82 Å². The van der Waals surface area contributed by atoms with Crippen molar-refractivity contribution in [3.8, 4) is 22.9 Å². The fourth-order valence-electron chi connectivity index (χ4n) is 3.92. The molecule has 43 heavy (non-hydrogen) atoms. The first-order chi connectivity index (χ1) is 20.5. The van der Waals surface area contributed by atoms with Gasteiger partial charge < -0.3 is 24.8 Å². The van der Waals surface area contributed by atoms with Crippen LogP contribution in [0.3, 0.4) is 0 Å². The number of carbonyl (C=O) groups is 2. The summed E-state index contributed by atoms with van der Waals surface area (Å²) in [6, 6.07) is 12.5. The van der Waals surface area contributed by atoms with E-state index >= 15 is 0 Å². The molecule has 0 saturated heterocycles. The Morgan fingerprint density at radius 1 is 0.930 bits per heavy atom. The van der Waals surface area contributed by atoms with Gasteiger partial charge in [-0.3, -0.25) is 14.2 Å². The lowest BCUT2D eigenvalue weighted by Crippen LogP contribution is -2.25. The van der Waals surface area contributed by atoms with Gasteiger partial charge in [0.1, 0.15) is 5.82 Å². The predicted molar refractivity (Wildman–Crippen MR) is 149 cm³/mol. The Balaban J connectivity index is 1.59. The molecule has 0 atom stereocenters. The molecule has 1 heterocycles. The topological polar surface area (TPSA) is 117 Å². The molecule has 10 nitrogen and oxygen atoms in total. The van der Waals surface area contributed by atoms with Gasteiger partial charge in [-0.15, -0.1) is 10.2 Å². The van der Waals surface area contributed by atoms with Gasteiger partial charge in [-0.2, -0.15) is 13.2 Å². The lowest BCUT2D eigenvalue weighted by atomic mass is 10.1. The van der Waals surface area contributed by atoms with E-state index < -0.39 is 29.4 Å². The Labute approximate surface area is 247 Å². The third kappa shape index (κ3) is 7.54. The highest BCUT2D eigenvalue weighted by atomic mass is 32.2. The summed E-state index contributed by atoms with van der Waals surface area (Å²) in [5, 5.41) is 13.5. The third-order valence-corrected chi connectivity index (χ3v) is 6.86. The minimum absolute atomic E-state index is 0.0679. The number of benzene rings is 3. The van der Waals surface area contributed by atoms with E-state index in [0.717, 1.165) is 23.9 Å². The molecule has 0 aliphatic rings. The maximum atomic E-state index is 13.5. The maximum Gasteiger partial charge on any atom is 0.416 e. The van der Waals surface area contributed by atoms with E-state index in [0.29, 0.717) is 5.69 Å². The Kier molecular flexibility index (Phi) is 9.75. The van der Waals surface area contributed by atoms with Crippen LogP contribution in [0.15, 0.2) is 65.8 Å². The molecule has 2 amide bonds. The summed E-state index contributed by atoms with van der Waals surface area (Å²) in [6.45, 7) is -0.235. The van der Waals surface area contributed by atoms with Crippen LogP contribution in [0.1, 0.15) is 21.7 Å². The summed E-state index contributed by atoms with van der Waals surface area (Å²) in [5.74, 6) is -0.803. The van der Waals surface area contributed by atoms with E-state index in [9.17, 15) is 27.2 Å². The quantitative estimate of drug-likeness (QED) is 0.176. The number of halogens is 4. The van der Waals surface area contributed by atoms with Crippen LogP contribution in [0.25, 0.3) is 5.69 Å². The number of methoxy groups -OCH3 is 3. The van der Waals surface area contributed by atoms with Crippen molar-refractivity contribution < 1.29 is 41.4 Å². The van der Waals surface area contributed by atoms with Gasteiger partial charge in [-0.05, 0) is 54.6 Å². The van der Waals surface area contributed by atoms with Crippen molar-refractivity contribution in [2.75, 3.05) is 32.4 Å². The summed E-state index contributed by atoms with van der Waals surface area (Å²) in [5.41, 5.74) is -0.317. The van der Waals surface area contributed by atoms with Gasteiger partial charge in [0.2, 0.25) is 11.7 Å². The Morgan fingerprint density at radius 2 is 1.60 bits per heavy atom. The Bertz CT molecular complexity index is 1590. The molecule has 226 valence electrons. The van der Waals surface area contributed by atoms with Crippen molar-refractivity contribution in [1.82, 2.24) is 20.1 Å². The molecule has 0 aliphatic heterocycles. The van der Waals surface area contributed by atoms with Gasteiger partial charge in [-0.1, -0.05) is 17.8 Å². The van der Waals surface area contributed by atoms with E-state index in [2.05, 4.69) is 20.8 Å². The average molecular weight is 620 g/mol. The fourth-order valence-corrected chi connectivity index (χ4v) is 4.69. The standard InChI is InChI=1S/C28H25F4N5O5S/c1-40-21-11-16(12-22(41-2)25(21)42-3)26(39)33-14-23-35-36-27(37(23)20-6-4-5-17(13-20)28(30,31)32)43-15-24(38)34-19-9-7-18(29)8-10-19/h4-13H,14-15H2,1-3H3,(H,33,39)(H,34,38). The number of alkyl halides is 3. The molecular formula is C28H25F4N5O5S. The summed E-state index contributed by atoms with van der Waals surface area (Å²) in [4.78, 5) is 25.6. The molecule has 2 N–H and O–H groups in total. The summed E-state index contributed by atoms with van der Waals surface area (Å²) >= 11 is 0.913. The van der Waals surface area contributed by atoms with Crippen molar-refractivity contribution in [3.63, 3.8) is 0 Å². The van der Waals surface area contributed by atoms with E-state index in [-0.39, 0.29) is 51.8 Å². The van der Waals surface area contributed by atoms with Crippen molar-refractivity contribution in [2.45, 2.75) is 17.9 Å². The fraction of sp³-hybridized carbons (Fsp3) is 0.214. The second-order valence-corrected chi connectivity index (χ2v) is 9.67. The van der Waals surface area contributed by atoms with Crippen LogP contribution in [0.2, 0.25) is 0 Å². The van der Waals surface area contributed by atoms with Crippen LogP contribution in [-0.2, 0) is 17.5 Å². The van der Waals surface area contributed by atoms with Gasteiger partial charge in [0.25, 0.3) is 5.91 Å². The van der Waals surface area contributed by atoms with Crippen molar-refractivity contribution in [1.29, 1.82) is 0 Å². The van der Waals surface area contributed by atoms with Gasteiger partial charge in [0.05, 0.1) is 44.9 Å². The molecule has 0 unspecified atom stereocenters. The van der Waals surface area contributed by atoms with Gasteiger partial charge in [-0.25, -0.2) is 4.39 Å². The maximum absolute atomic E-state index is 13.5. The second kappa shape index (κ2) is 13.5. The average Bonchev–Trinajstić information content (AvgIpc) is 3.41. The molecule has 3 aromatic carbocycles. The molecular weight excluding hydrogens is 594 g/mol. The molecule has 4 aromatic rings. The molecule has 0 fully saturated rings. The normalized spacial score (nSPS) is 11.1. The zero-order valence-corrected chi connectivity index (χ0v) is 23.8. The van der Waals surface area contributed by atoms with Crippen molar-refractivity contribution in [2.24, 2.45) is 0 Å². The number of hydrogen-bond acceptors (Lipinski definition) is 8. The van der Waals surface area contributed by atoms with Crippen LogP contribution < -0.4 is 24.8 Å². The van der Waals surface area contributed by atoms with Gasteiger partial charge in [0, 0.05) is 11.3 Å². The highest BCUT2D eigenvalue weighted by Crippen LogP contribution is 2.38. The zero-order chi connectivity index (χ0) is 31.1. The summed E-state index contributed by atoms with van der Waals surface area (Å²) in [6.07, 6.45) is -4.62. The third-order valence-electron chi connectivity index (χ3n) is 5.93. The zero-order valence-electron chi connectivity index (χ0n) is 23.0. The number of nitrogens with zero attached hydrogens (tertiary/aromatic N) is 3. The molecule has 0 aliphatic carbocycles. The first-order valence-electron chi connectivity index (χ1n) is 12.4. The van der Waals surface area contributed by atoms with E-state index in [1.807, 2.05) is 0 Å². The van der Waals surface area contributed by atoms with E-state index in [1.54, 1.807) is 0 Å². The smallest absolute Gasteiger partial charge is 0.416 e. The number of rotatable bonds is 11. The van der Waals surface area contributed by atoms with E-state index in [4.69, 9.17) is 14.2 Å². The Morgan fingerprint density at radius 3 is 2.21 bits per heavy atom. The molecule has 4 rings (SSSR count). The summed E-state index contributed by atoms with van der Waals surface area (Å²) in [7, 11) is 4.22. The van der Waals surface area contributed by atoms with Crippen molar-refractivity contribution >= 4 is 29.3 Å².